The number of hydrogen-bond acceptors (Lipinski definition) is 4. The highest BCUT2D eigenvalue weighted by Gasteiger charge is 2.15. The maximum Gasteiger partial charge on any atom is 0.240 e. The fraction of sp³-hybridized carbons (Fsp3) is 0.182. The Bertz CT molecular complexity index is 679. The Morgan fingerprint density at radius 3 is 2.53 bits per heavy atom. The molecule has 1 aromatic carbocycles. The van der Waals surface area contributed by atoms with Crippen LogP contribution in [0.4, 0.5) is 5.82 Å². The van der Waals surface area contributed by atoms with Crippen LogP contribution in [0, 0.1) is 3.57 Å². The van der Waals surface area contributed by atoms with E-state index < -0.39 is 10.0 Å². The fourth-order valence-electron chi connectivity index (χ4n) is 1.50. The molecule has 0 unspecified atom stereocenters. The average molecular weight is 392 g/mol. The molecule has 0 spiro atoms. The van der Waals surface area contributed by atoms with Crippen LogP contribution >= 0.6 is 22.6 Å². The Labute approximate surface area is 125 Å². The highest BCUT2D eigenvalue weighted by Crippen LogP contribution is 2.14. The summed E-state index contributed by atoms with van der Waals surface area (Å²) in [4.78, 5) is 0.232. The molecule has 2 rings (SSSR count). The van der Waals surface area contributed by atoms with Gasteiger partial charge >= 0.3 is 0 Å². The summed E-state index contributed by atoms with van der Waals surface area (Å²) in [5, 5.41) is 3.96. The van der Waals surface area contributed by atoms with Gasteiger partial charge in [-0.3, -0.25) is 4.68 Å². The van der Waals surface area contributed by atoms with Crippen molar-refractivity contribution in [3.05, 3.63) is 39.6 Å². The van der Waals surface area contributed by atoms with Crippen molar-refractivity contribution in [1.29, 1.82) is 0 Å². The van der Waals surface area contributed by atoms with Gasteiger partial charge in [-0.2, -0.15) is 5.10 Å². The molecule has 1 heterocycles. The number of aryl methyl sites for hydroxylation is 1. The van der Waals surface area contributed by atoms with E-state index in [1.807, 2.05) is 0 Å². The summed E-state index contributed by atoms with van der Waals surface area (Å²) in [5.74, 6) is 0.449. The van der Waals surface area contributed by atoms with Crippen molar-refractivity contribution >= 4 is 38.4 Å². The molecule has 2 aromatic rings. The molecule has 0 saturated heterocycles. The van der Waals surface area contributed by atoms with Gasteiger partial charge in [0.25, 0.3) is 0 Å². The molecular formula is C11H13IN4O2S. The highest BCUT2D eigenvalue weighted by molar-refractivity contribution is 14.1. The van der Waals surface area contributed by atoms with Crippen molar-refractivity contribution < 1.29 is 8.42 Å². The van der Waals surface area contributed by atoms with Crippen LogP contribution in [-0.2, 0) is 23.6 Å². The number of anilines is 1. The topological polar surface area (TPSA) is 90.0 Å². The second-order valence-electron chi connectivity index (χ2n) is 3.96. The normalized spacial score (nSPS) is 11.7. The average Bonchev–Trinajstić information content (AvgIpc) is 2.68. The van der Waals surface area contributed by atoms with E-state index in [1.165, 1.54) is 4.68 Å². The van der Waals surface area contributed by atoms with Gasteiger partial charge in [-0.1, -0.05) is 0 Å². The predicted octanol–water partition coefficient (Wildman–Crippen LogP) is 1.09. The lowest BCUT2D eigenvalue weighted by atomic mass is 10.3. The van der Waals surface area contributed by atoms with Crippen LogP contribution in [0.2, 0.25) is 0 Å². The first-order valence-corrected chi connectivity index (χ1v) is 7.98. The smallest absolute Gasteiger partial charge is 0.240 e. The number of nitrogens with two attached hydrogens (primary N) is 1. The molecule has 3 N–H and O–H groups in total. The summed E-state index contributed by atoms with van der Waals surface area (Å²) in [6.45, 7) is 0.119. The second-order valence-corrected chi connectivity index (χ2v) is 6.97. The maximum absolute atomic E-state index is 12.1. The van der Waals surface area contributed by atoms with Gasteiger partial charge < -0.3 is 5.73 Å². The fourth-order valence-corrected chi connectivity index (χ4v) is 2.86. The standard InChI is InChI=1S/C11H13IN4O2S/c1-16-11(13)8(6-14-16)7-15-19(17,18)10-4-2-9(12)3-5-10/h2-6,15H,7,13H2,1H3. The van der Waals surface area contributed by atoms with Gasteiger partial charge in [0.05, 0.1) is 11.1 Å². The third-order valence-corrected chi connectivity index (χ3v) is 4.78. The molecule has 8 heteroatoms. The van der Waals surface area contributed by atoms with Crippen molar-refractivity contribution in [3.63, 3.8) is 0 Å². The number of nitrogens with one attached hydrogen (secondary N) is 1. The van der Waals surface area contributed by atoms with Crippen molar-refractivity contribution in [1.82, 2.24) is 14.5 Å². The maximum atomic E-state index is 12.1. The van der Waals surface area contributed by atoms with Gasteiger partial charge in [0.15, 0.2) is 0 Å². The molecule has 0 amide bonds. The largest absolute Gasteiger partial charge is 0.384 e. The van der Waals surface area contributed by atoms with Gasteiger partial charge in [-0.05, 0) is 46.9 Å². The Kier molecular flexibility index (Phi) is 4.11. The molecule has 1 aromatic heterocycles. The van der Waals surface area contributed by atoms with E-state index in [2.05, 4.69) is 32.4 Å². The first-order valence-electron chi connectivity index (χ1n) is 5.42. The van der Waals surface area contributed by atoms with E-state index in [0.29, 0.717) is 11.4 Å². The number of nitrogen functional groups attached to an aromatic ring is 1. The third kappa shape index (κ3) is 3.25. The minimum atomic E-state index is -3.53. The molecule has 0 fully saturated rings. The number of nitrogens with zero attached hydrogens (tertiary/aromatic N) is 2. The van der Waals surface area contributed by atoms with Gasteiger partial charge in [0.1, 0.15) is 5.82 Å². The van der Waals surface area contributed by atoms with E-state index >= 15 is 0 Å². The zero-order valence-corrected chi connectivity index (χ0v) is 13.1. The lowest BCUT2D eigenvalue weighted by Gasteiger charge is -2.06. The monoisotopic (exact) mass is 392 g/mol. The molecule has 0 radical (unpaired) electrons. The Balaban J connectivity index is 2.14. The zero-order valence-electron chi connectivity index (χ0n) is 10.2. The lowest BCUT2D eigenvalue weighted by molar-refractivity contribution is 0.581. The number of rotatable bonds is 4. The van der Waals surface area contributed by atoms with Crippen molar-refractivity contribution in [2.45, 2.75) is 11.4 Å². The van der Waals surface area contributed by atoms with Crippen molar-refractivity contribution in [2.24, 2.45) is 7.05 Å². The molecular weight excluding hydrogens is 379 g/mol. The Morgan fingerprint density at radius 1 is 1.37 bits per heavy atom. The molecule has 0 bridgehead atoms. The first kappa shape index (κ1) is 14.3. The minimum absolute atomic E-state index is 0.119. The van der Waals surface area contributed by atoms with Gasteiger partial charge in [-0.25, -0.2) is 13.1 Å². The van der Waals surface area contributed by atoms with Crippen LogP contribution in [0.15, 0.2) is 35.4 Å². The van der Waals surface area contributed by atoms with E-state index in [0.717, 1.165) is 3.57 Å². The first-order chi connectivity index (χ1) is 8.90. The SMILES string of the molecule is Cn1ncc(CNS(=O)(=O)c2ccc(I)cc2)c1N. The number of benzene rings is 1. The summed E-state index contributed by atoms with van der Waals surface area (Å²) in [6, 6.07) is 6.62. The summed E-state index contributed by atoms with van der Waals surface area (Å²) in [5.41, 5.74) is 6.40. The molecule has 19 heavy (non-hydrogen) atoms. The lowest BCUT2D eigenvalue weighted by Crippen LogP contribution is -2.23. The Morgan fingerprint density at radius 2 is 2.00 bits per heavy atom. The van der Waals surface area contributed by atoms with Gasteiger partial charge in [0, 0.05) is 22.7 Å². The van der Waals surface area contributed by atoms with E-state index in [4.69, 9.17) is 5.73 Å². The Hall–Kier alpha value is -1.13. The van der Waals surface area contributed by atoms with E-state index in [9.17, 15) is 8.42 Å². The van der Waals surface area contributed by atoms with Gasteiger partial charge in [0.2, 0.25) is 10.0 Å². The van der Waals surface area contributed by atoms with E-state index in [1.54, 1.807) is 37.5 Å². The zero-order chi connectivity index (χ0) is 14.0. The highest BCUT2D eigenvalue weighted by atomic mass is 127. The molecule has 0 saturated carbocycles. The minimum Gasteiger partial charge on any atom is -0.384 e. The van der Waals surface area contributed by atoms with Crippen LogP contribution in [0.25, 0.3) is 0 Å². The van der Waals surface area contributed by atoms with Crippen LogP contribution in [0.1, 0.15) is 5.56 Å². The third-order valence-electron chi connectivity index (χ3n) is 2.64. The summed E-state index contributed by atoms with van der Waals surface area (Å²) in [7, 11) is -1.83. The number of hydrogen-bond donors (Lipinski definition) is 2. The molecule has 0 aliphatic heterocycles. The van der Waals surface area contributed by atoms with Crippen molar-refractivity contribution in [2.75, 3.05) is 5.73 Å². The van der Waals surface area contributed by atoms with E-state index in [-0.39, 0.29) is 11.4 Å². The van der Waals surface area contributed by atoms with Crippen LogP contribution in [0.3, 0.4) is 0 Å². The molecule has 6 nitrogen and oxygen atoms in total. The number of halogens is 1. The molecule has 102 valence electrons. The quantitative estimate of drug-likeness (QED) is 0.763. The second kappa shape index (κ2) is 5.47. The summed E-state index contributed by atoms with van der Waals surface area (Å²) >= 11 is 2.12. The summed E-state index contributed by atoms with van der Waals surface area (Å²) < 4.78 is 29.1. The van der Waals surface area contributed by atoms with Crippen LogP contribution in [0.5, 0.6) is 0 Å². The van der Waals surface area contributed by atoms with Gasteiger partial charge in [-0.15, -0.1) is 0 Å². The predicted molar refractivity (Wildman–Crippen MR) is 80.8 cm³/mol. The molecule has 0 atom stereocenters. The number of aromatic nitrogens is 2. The molecule has 0 aliphatic rings. The number of sulfonamides is 1. The van der Waals surface area contributed by atoms with Crippen LogP contribution < -0.4 is 10.5 Å². The molecule has 0 aliphatic carbocycles. The van der Waals surface area contributed by atoms with Crippen molar-refractivity contribution in [3.8, 4) is 0 Å². The van der Waals surface area contributed by atoms with Crippen LogP contribution in [-0.4, -0.2) is 18.2 Å². The summed E-state index contributed by atoms with van der Waals surface area (Å²) in [6.07, 6.45) is 1.55.